The van der Waals surface area contributed by atoms with Gasteiger partial charge in [0.05, 0.1) is 6.04 Å². The average molecular weight is 305 g/mol. The Morgan fingerprint density at radius 3 is 2.55 bits per heavy atom. The third-order valence-corrected chi connectivity index (χ3v) is 4.70. The van der Waals surface area contributed by atoms with Crippen LogP contribution in [0, 0.1) is 5.92 Å². The second-order valence-corrected chi connectivity index (χ2v) is 6.07. The zero-order chi connectivity index (χ0) is 14.3. The molecule has 2 aromatic heterocycles. The van der Waals surface area contributed by atoms with Gasteiger partial charge >= 0.3 is 6.18 Å². The summed E-state index contributed by atoms with van der Waals surface area (Å²) in [5.74, 6) is -0.798. The van der Waals surface area contributed by atoms with Crippen LogP contribution in [0.25, 0.3) is 4.96 Å². The van der Waals surface area contributed by atoms with Crippen molar-refractivity contribution in [3.05, 3.63) is 10.8 Å². The molecule has 2 aromatic rings. The summed E-state index contributed by atoms with van der Waals surface area (Å²) >= 11 is 1.09. The normalized spacial score (nSPS) is 19.6. The Bertz CT molecular complexity index is 599. The van der Waals surface area contributed by atoms with E-state index in [0.717, 1.165) is 41.5 Å². The van der Waals surface area contributed by atoms with Gasteiger partial charge in [-0.3, -0.25) is 0 Å². The fourth-order valence-corrected chi connectivity index (χ4v) is 3.57. The van der Waals surface area contributed by atoms with Crippen molar-refractivity contribution in [1.29, 1.82) is 0 Å². The van der Waals surface area contributed by atoms with E-state index >= 15 is 0 Å². The SMILES string of the molecule is NC(c1nn2c(C(F)(F)F)nnc2s1)C1CCCCC1. The highest BCUT2D eigenvalue weighted by atomic mass is 32.1. The molecule has 2 heterocycles. The summed E-state index contributed by atoms with van der Waals surface area (Å²) in [4.78, 5) is 0.138. The molecule has 1 fully saturated rings. The number of alkyl halides is 3. The smallest absolute Gasteiger partial charge is 0.322 e. The molecule has 110 valence electrons. The Labute approximate surface area is 117 Å². The standard InChI is InChI=1S/C11H14F3N5S/c12-11(13,14)9-16-17-10-19(9)18-8(20-10)7(15)6-4-2-1-3-5-6/h6-7H,1-5,15H2. The summed E-state index contributed by atoms with van der Waals surface area (Å²) in [5.41, 5.74) is 6.16. The molecule has 0 aromatic carbocycles. The molecule has 2 N–H and O–H groups in total. The Hall–Kier alpha value is -1.22. The first-order chi connectivity index (χ1) is 9.47. The molecule has 1 aliphatic rings. The van der Waals surface area contributed by atoms with Gasteiger partial charge in [-0.1, -0.05) is 30.6 Å². The number of aromatic nitrogens is 4. The molecule has 0 amide bonds. The lowest BCUT2D eigenvalue weighted by atomic mass is 9.84. The summed E-state index contributed by atoms with van der Waals surface area (Å²) in [6.45, 7) is 0. The average Bonchev–Trinajstić information content (AvgIpc) is 2.97. The molecule has 1 unspecified atom stereocenters. The highest BCUT2D eigenvalue weighted by Crippen LogP contribution is 2.35. The molecule has 3 rings (SSSR count). The molecule has 1 saturated carbocycles. The third-order valence-electron chi connectivity index (χ3n) is 3.70. The van der Waals surface area contributed by atoms with Crippen LogP contribution in [0.5, 0.6) is 0 Å². The van der Waals surface area contributed by atoms with Crippen molar-refractivity contribution >= 4 is 16.3 Å². The van der Waals surface area contributed by atoms with Crippen LogP contribution in [0.3, 0.4) is 0 Å². The highest BCUT2D eigenvalue weighted by molar-refractivity contribution is 7.16. The monoisotopic (exact) mass is 305 g/mol. The topological polar surface area (TPSA) is 69.1 Å². The van der Waals surface area contributed by atoms with E-state index in [4.69, 9.17) is 5.73 Å². The van der Waals surface area contributed by atoms with E-state index in [1.165, 1.54) is 6.42 Å². The molecule has 0 saturated heterocycles. The molecule has 5 nitrogen and oxygen atoms in total. The van der Waals surface area contributed by atoms with Crippen molar-refractivity contribution in [2.75, 3.05) is 0 Å². The van der Waals surface area contributed by atoms with Gasteiger partial charge in [0.2, 0.25) is 4.96 Å². The van der Waals surface area contributed by atoms with E-state index in [0.29, 0.717) is 10.9 Å². The molecule has 0 aliphatic heterocycles. The van der Waals surface area contributed by atoms with Gasteiger partial charge < -0.3 is 5.73 Å². The predicted octanol–water partition coefficient (Wildman–Crippen LogP) is 2.78. The van der Waals surface area contributed by atoms with E-state index in [1.807, 2.05) is 0 Å². The Morgan fingerprint density at radius 1 is 1.20 bits per heavy atom. The lowest BCUT2D eigenvalue weighted by Gasteiger charge is -2.25. The Balaban J connectivity index is 1.91. The van der Waals surface area contributed by atoms with Crippen LogP contribution in [0.2, 0.25) is 0 Å². The molecule has 9 heteroatoms. The van der Waals surface area contributed by atoms with Gasteiger partial charge in [0.1, 0.15) is 5.01 Å². The molecule has 0 bridgehead atoms. The van der Waals surface area contributed by atoms with Crippen molar-refractivity contribution < 1.29 is 13.2 Å². The van der Waals surface area contributed by atoms with Crippen LogP contribution in [0.15, 0.2) is 0 Å². The summed E-state index contributed by atoms with van der Waals surface area (Å²) in [6.07, 6.45) is 0.902. The van der Waals surface area contributed by atoms with Gasteiger partial charge in [0.15, 0.2) is 0 Å². The minimum absolute atomic E-state index is 0.138. The lowest BCUT2D eigenvalue weighted by Crippen LogP contribution is -2.23. The summed E-state index contributed by atoms with van der Waals surface area (Å²) in [6, 6.07) is -0.317. The largest absolute Gasteiger partial charge is 0.453 e. The molecule has 20 heavy (non-hydrogen) atoms. The van der Waals surface area contributed by atoms with Gasteiger partial charge in [0, 0.05) is 0 Å². The highest BCUT2D eigenvalue weighted by Gasteiger charge is 2.38. The Morgan fingerprint density at radius 2 is 1.90 bits per heavy atom. The minimum Gasteiger partial charge on any atom is -0.322 e. The van der Waals surface area contributed by atoms with Crippen molar-refractivity contribution in [2.24, 2.45) is 11.7 Å². The van der Waals surface area contributed by atoms with Crippen molar-refractivity contribution in [1.82, 2.24) is 19.8 Å². The maximum Gasteiger partial charge on any atom is 0.453 e. The molecule has 1 aliphatic carbocycles. The lowest BCUT2D eigenvalue weighted by molar-refractivity contribution is -0.146. The number of nitrogens with two attached hydrogens (primary N) is 1. The number of halogens is 3. The molecular weight excluding hydrogens is 291 g/mol. The number of fused-ring (bicyclic) bond motifs is 1. The van der Waals surface area contributed by atoms with Crippen LogP contribution in [-0.2, 0) is 6.18 Å². The van der Waals surface area contributed by atoms with Crippen molar-refractivity contribution in [3.8, 4) is 0 Å². The van der Waals surface area contributed by atoms with E-state index in [-0.39, 0.29) is 11.0 Å². The van der Waals surface area contributed by atoms with E-state index < -0.39 is 12.0 Å². The van der Waals surface area contributed by atoms with E-state index in [1.54, 1.807) is 0 Å². The first-order valence-corrected chi connectivity index (χ1v) is 7.33. The number of hydrogen-bond acceptors (Lipinski definition) is 5. The third kappa shape index (κ3) is 2.39. The minimum atomic E-state index is -4.56. The summed E-state index contributed by atoms with van der Waals surface area (Å²) < 4.78 is 38.9. The maximum absolute atomic E-state index is 12.7. The first-order valence-electron chi connectivity index (χ1n) is 6.52. The molecule has 0 spiro atoms. The maximum atomic E-state index is 12.7. The van der Waals surface area contributed by atoms with Crippen LogP contribution in [-0.4, -0.2) is 19.8 Å². The van der Waals surface area contributed by atoms with Gasteiger partial charge in [-0.15, -0.1) is 10.2 Å². The fraction of sp³-hybridized carbons (Fsp3) is 0.727. The van der Waals surface area contributed by atoms with Crippen molar-refractivity contribution in [3.63, 3.8) is 0 Å². The predicted molar refractivity (Wildman–Crippen MR) is 67.2 cm³/mol. The molecule has 1 atom stereocenters. The van der Waals surface area contributed by atoms with Crippen LogP contribution in [0.4, 0.5) is 13.2 Å². The van der Waals surface area contributed by atoms with Gasteiger partial charge in [-0.05, 0) is 18.8 Å². The first kappa shape index (κ1) is 13.7. The fourth-order valence-electron chi connectivity index (χ4n) is 2.64. The van der Waals surface area contributed by atoms with Gasteiger partial charge in [-0.2, -0.15) is 22.8 Å². The number of rotatable bonds is 2. The van der Waals surface area contributed by atoms with Crippen LogP contribution < -0.4 is 5.73 Å². The second-order valence-electron chi connectivity index (χ2n) is 5.08. The molecule has 0 radical (unpaired) electrons. The van der Waals surface area contributed by atoms with Crippen LogP contribution in [0.1, 0.15) is 49.0 Å². The van der Waals surface area contributed by atoms with E-state index in [9.17, 15) is 13.2 Å². The Kier molecular flexibility index (Phi) is 3.41. The van der Waals surface area contributed by atoms with E-state index in [2.05, 4.69) is 15.3 Å². The van der Waals surface area contributed by atoms with Gasteiger partial charge in [-0.25, -0.2) is 0 Å². The second kappa shape index (κ2) is 4.96. The molecular formula is C11H14F3N5S. The number of hydrogen-bond donors (Lipinski definition) is 1. The zero-order valence-corrected chi connectivity index (χ0v) is 11.4. The number of nitrogens with zero attached hydrogens (tertiary/aromatic N) is 4. The quantitative estimate of drug-likeness (QED) is 0.926. The zero-order valence-electron chi connectivity index (χ0n) is 10.6. The summed E-state index contributed by atoms with van der Waals surface area (Å²) in [5, 5.41) is 11.1. The van der Waals surface area contributed by atoms with Gasteiger partial charge in [0.25, 0.3) is 5.82 Å². The summed E-state index contributed by atoms with van der Waals surface area (Å²) in [7, 11) is 0. The van der Waals surface area contributed by atoms with Crippen molar-refractivity contribution in [2.45, 2.75) is 44.3 Å². The van der Waals surface area contributed by atoms with Crippen LogP contribution >= 0.6 is 11.3 Å².